The molecule has 0 bridgehead atoms. The second-order valence-corrected chi connectivity index (χ2v) is 10.0. The van der Waals surface area contributed by atoms with Crippen LogP contribution in [-0.2, 0) is 4.74 Å². The number of halogens is 2. The molecule has 1 nitrogen and oxygen atoms in total. The molecule has 0 atom stereocenters. The van der Waals surface area contributed by atoms with Gasteiger partial charge >= 0.3 is 0 Å². The molecule has 0 heterocycles. The van der Waals surface area contributed by atoms with Gasteiger partial charge in [-0.2, -0.15) is 0 Å². The SMILES string of the molecule is CC(C)(C)CCCOCCCCCCCCCCCCCCCCC(C)(F)F. The molecule has 0 saturated carbocycles. The molecular weight excluding hydrogens is 354 g/mol. The van der Waals surface area contributed by atoms with Gasteiger partial charge in [0.05, 0.1) is 0 Å². The van der Waals surface area contributed by atoms with Crippen molar-refractivity contribution in [1.82, 2.24) is 0 Å². The van der Waals surface area contributed by atoms with Crippen molar-refractivity contribution in [2.45, 2.75) is 143 Å². The second-order valence-electron chi connectivity index (χ2n) is 10.0. The standard InChI is InChI=1S/C25H50F2O/c1-24(2,3)20-19-23-28-22-18-16-14-12-10-8-6-5-7-9-11-13-15-17-21-25(4,26)27/h5-23H2,1-4H3. The highest BCUT2D eigenvalue weighted by Crippen LogP contribution is 2.21. The summed E-state index contributed by atoms with van der Waals surface area (Å²) in [5.74, 6) is -2.47. The first-order valence-electron chi connectivity index (χ1n) is 12.2. The van der Waals surface area contributed by atoms with Crippen molar-refractivity contribution in [3.05, 3.63) is 0 Å². The van der Waals surface area contributed by atoms with Crippen LogP contribution in [0, 0.1) is 5.41 Å². The number of hydrogen-bond acceptors (Lipinski definition) is 1. The van der Waals surface area contributed by atoms with E-state index in [4.69, 9.17) is 4.74 Å². The van der Waals surface area contributed by atoms with Gasteiger partial charge in [0, 0.05) is 19.6 Å². The Bertz CT molecular complexity index is 285. The van der Waals surface area contributed by atoms with E-state index < -0.39 is 5.92 Å². The molecule has 0 aliphatic heterocycles. The molecule has 0 unspecified atom stereocenters. The molecule has 0 saturated heterocycles. The van der Waals surface area contributed by atoms with E-state index in [1.807, 2.05) is 0 Å². The summed E-state index contributed by atoms with van der Waals surface area (Å²) in [5.41, 5.74) is 0.431. The van der Waals surface area contributed by atoms with Gasteiger partial charge in [-0.1, -0.05) is 97.8 Å². The number of hydrogen-bond donors (Lipinski definition) is 0. The van der Waals surface area contributed by atoms with E-state index in [1.54, 1.807) is 0 Å². The molecule has 3 heteroatoms. The van der Waals surface area contributed by atoms with Gasteiger partial charge in [-0.05, 0) is 38.0 Å². The lowest BCUT2D eigenvalue weighted by Crippen LogP contribution is -2.08. The van der Waals surface area contributed by atoms with Gasteiger partial charge in [0.25, 0.3) is 0 Å². The van der Waals surface area contributed by atoms with Crippen molar-refractivity contribution in [2.75, 3.05) is 13.2 Å². The van der Waals surface area contributed by atoms with Gasteiger partial charge in [-0.3, -0.25) is 0 Å². The van der Waals surface area contributed by atoms with E-state index in [-0.39, 0.29) is 6.42 Å². The fourth-order valence-electron chi connectivity index (χ4n) is 3.57. The van der Waals surface area contributed by atoms with Crippen LogP contribution in [0.1, 0.15) is 137 Å². The van der Waals surface area contributed by atoms with Crippen LogP contribution in [0.25, 0.3) is 0 Å². The molecule has 170 valence electrons. The van der Waals surface area contributed by atoms with Crippen molar-refractivity contribution in [1.29, 1.82) is 0 Å². The van der Waals surface area contributed by atoms with Crippen molar-refractivity contribution in [3.8, 4) is 0 Å². The number of unbranched alkanes of at least 4 members (excludes halogenated alkanes) is 13. The lowest BCUT2D eigenvalue weighted by Gasteiger charge is -2.17. The van der Waals surface area contributed by atoms with Crippen LogP contribution in [0.2, 0.25) is 0 Å². The fraction of sp³-hybridized carbons (Fsp3) is 1.00. The van der Waals surface area contributed by atoms with E-state index in [0.29, 0.717) is 11.8 Å². The molecular formula is C25H50F2O. The number of alkyl halides is 2. The van der Waals surface area contributed by atoms with Gasteiger partial charge < -0.3 is 4.74 Å². The summed E-state index contributed by atoms with van der Waals surface area (Å²) in [6.07, 6.45) is 19.7. The fourth-order valence-corrected chi connectivity index (χ4v) is 3.57. The van der Waals surface area contributed by atoms with Crippen molar-refractivity contribution in [2.24, 2.45) is 5.41 Å². The molecule has 28 heavy (non-hydrogen) atoms. The average Bonchev–Trinajstić information content (AvgIpc) is 2.58. The lowest BCUT2D eigenvalue weighted by atomic mass is 9.91. The Kier molecular flexibility index (Phi) is 17.5. The summed E-state index contributed by atoms with van der Waals surface area (Å²) in [4.78, 5) is 0. The van der Waals surface area contributed by atoms with Crippen LogP contribution in [0.3, 0.4) is 0 Å². The molecule has 0 aromatic carbocycles. The van der Waals surface area contributed by atoms with Crippen LogP contribution in [0.4, 0.5) is 8.78 Å². The van der Waals surface area contributed by atoms with E-state index in [1.165, 1.54) is 83.5 Å². The first-order valence-corrected chi connectivity index (χ1v) is 12.2. The monoisotopic (exact) mass is 404 g/mol. The maximum Gasteiger partial charge on any atom is 0.245 e. The minimum Gasteiger partial charge on any atom is -0.381 e. The molecule has 0 amide bonds. The van der Waals surface area contributed by atoms with E-state index in [9.17, 15) is 8.78 Å². The normalized spacial score (nSPS) is 12.6. The molecule has 0 N–H and O–H groups in total. The predicted octanol–water partition coefficient (Wildman–Crippen LogP) is 9.34. The third-order valence-corrected chi connectivity index (χ3v) is 5.37. The quantitative estimate of drug-likeness (QED) is 0.184. The van der Waals surface area contributed by atoms with Gasteiger partial charge in [0.15, 0.2) is 0 Å². The molecule has 0 aliphatic rings. The summed E-state index contributed by atoms with van der Waals surface area (Å²) in [7, 11) is 0. The second kappa shape index (κ2) is 17.7. The molecule has 0 aromatic heterocycles. The summed E-state index contributed by atoms with van der Waals surface area (Å²) in [5, 5.41) is 0. The lowest BCUT2D eigenvalue weighted by molar-refractivity contribution is 0.0103. The summed E-state index contributed by atoms with van der Waals surface area (Å²) >= 11 is 0. The predicted molar refractivity (Wildman–Crippen MR) is 119 cm³/mol. The minimum atomic E-state index is -2.47. The van der Waals surface area contributed by atoms with Gasteiger partial charge in [-0.15, -0.1) is 0 Å². The Labute approximate surface area is 175 Å². The highest BCUT2D eigenvalue weighted by molar-refractivity contribution is 4.60. The largest absolute Gasteiger partial charge is 0.381 e. The van der Waals surface area contributed by atoms with E-state index in [2.05, 4.69) is 20.8 Å². The Hall–Kier alpha value is -0.180. The van der Waals surface area contributed by atoms with Gasteiger partial charge in [0.2, 0.25) is 5.92 Å². The molecule has 0 radical (unpaired) electrons. The summed E-state index contributed by atoms with van der Waals surface area (Å²) in [6, 6.07) is 0. The Balaban J connectivity index is 3.07. The smallest absolute Gasteiger partial charge is 0.245 e. The highest BCUT2D eigenvalue weighted by atomic mass is 19.3. The van der Waals surface area contributed by atoms with Crippen LogP contribution in [0.5, 0.6) is 0 Å². The Morgan fingerprint density at radius 2 is 0.821 bits per heavy atom. The first kappa shape index (κ1) is 27.8. The van der Waals surface area contributed by atoms with Crippen molar-refractivity contribution >= 4 is 0 Å². The molecule has 0 aliphatic carbocycles. The van der Waals surface area contributed by atoms with Gasteiger partial charge in [-0.25, -0.2) is 8.78 Å². The topological polar surface area (TPSA) is 9.23 Å². The van der Waals surface area contributed by atoms with E-state index in [0.717, 1.165) is 33.0 Å². The first-order chi connectivity index (χ1) is 13.2. The third-order valence-electron chi connectivity index (χ3n) is 5.37. The van der Waals surface area contributed by atoms with Crippen LogP contribution < -0.4 is 0 Å². The van der Waals surface area contributed by atoms with Crippen LogP contribution in [0.15, 0.2) is 0 Å². The maximum absolute atomic E-state index is 12.7. The van der Waals surface area contributed by atoms with Crippen molar-refractivity contribution in [3.63, 3.8) is 0 Å². The maximum atomic E-state index is 12.7. The summed E-state index contributed by atoms with van der Waals surface area (Å²) < 4.78 is 31.1. The third kappa shape index (κ3) is 25.8. The zero-order valence-electron chi connectivity index (χ0n) is 19.6. The zero-order valence-corrected chi connectivity index (χ0v) is 19.6. The molecule has 0 rings (SSSR count). The minimum absolute atomic E-state index is 0.0530. The number of rotatable bonds is 20. The van der Waals surface area contributed by atoms with Crippen LogP contribution >= 0.6 is 0 Å². The van der Waals surface area contributed by atoms with Crippen LogP contribution in [-0.4, -0.2) is 19.1 Å². The molecule has 0 aromatic rings. The average molecular weight is 405 g/mol. The Morgan fingerprint density at radius 1 is 0.464 bits per heavy atom. The Morgan fingerprint density at radius 3 is 1.21 bits per heavy atom. The summed E-state index contributed by atoms with van der Waals surface area (Å²) in [6.45, 7) is 9.75. The molecule has 0 spiro atoms. The van der Waals surface area contributed by atoms with E-state index >= 15 is 0 Å². The number of ether oxygens (including phenoxy) is 1. The zero-order chi connectivity index (χ0) is 21.1. The highest BCUT2D eigenvalue weighted by Gasteiger charge is 2.19. The van der Waals surface area contributed by atoms with Crippen molar-refractivity contribution < 1.29 is 13.5 Å². The molecule has 0 fully saturated rings. The van der Waals surface area contributed by atoms with Gasteiger partial charge in [0.1, 0.15) is 0 Å².